The molecule has 3 heterocycles. The van der Waals surface area contributed by atoms with Crippen LogP contribution < -0.4 is 4.90 Å². The number of fused-ring (bicyclic) bond motifs is 9. The summed E-state index contributed by atoms with van der Waals surface area (Å²) in [5.41, 5.74) is 11.1. The van der Waals surface area contributed by atoms with Crippen molar-refractivity contribution in [3.63, 3.8) is 0 Å². The van der Waals surface area contributed by atoms with Gasteiger partial charge < -0.3 is 18.2 Å². The number of furan rings is 2. The Hall–Kier alpha value is -7.11. The minimum atomic E-state index is 0.573. The predicted molar refractivity (Wildman–Crippen MR) is 212 cm³/mol. The van der Waals surface area contributed by atoms with Crippen LogP contribution in [0.25, 0.3) is 88.3 Å². The first-order valence-electron chi connectivity index (χ1n) is 17.4. The van der Waals surface area contributed by atoms with E-state index in [2.05, 4.69) is 126 Å². The van der Waals surface area contributed by atoms with Crippen molar-refractivity contribution < 1.29 is 13.3 Å². The normalized spacial score (nSPS) is 11.8. The van der Waals surface area contributed by atoms with Gasteiger partial charge >= 0.3 is 0 Å². The number of oxazole rings is 1. The fourth-order valence-corrected chi connectivity index (χ4v) is 7.66. The Morgan fingerprint density at radius 3 is 2.06 bits per heavy atom. The molecule has 0 atom stereocenters. The highest BCUT2D eigenvalue weighted by Crippen LogP contribution is 2.43. The molecule has 0 aliphatic heterocycles. The van der Waals surface area contributed by atoms with Gasteiger partial charge in [-0.05, 0) is 83.2 Å². The minimum absolute atomic E-state index is 0.573. The Kier molecular flexibility index (Phi) is 6.18. The highest BCUT2D eigenvalue weighted by atomic mass is 16.4. The minimum Gasteiger partial charge on any atom is -0.456 e. The second-order valence-electron chi connectivity index (χ2n) is 13.1. The van der Waals surface area contributed by atoms with Crippen LogP contribution in [0.15, 0.2) is 183 Å². The quantitative estimate of drug-likeness (QED) is 0.183. The molecule has 11 rings (SSSR count). The van der Waals surface area contributed by atoms with Crippen LogP contribution in [0, 0.1) is 0 Å². The highest BCUT2D eigenvalue weighted by Gasteiger charge is 2.21. The summed E-state index contributed by atoms with van der Waals surface area (Å²) in [7, 11) is 0. The molecule has 0 saturated heterocycles. The van der Waals surface area contributed by atoms with Crippen molar-refractivity contribution in [3.8, 4) is 22.6 Å². The van der Waals surface area contributed by atoms with E-state index in [0.29, 0.717) is 5.89 Å². The van der Waals surface area contributed by atoms with Gasteiger partial charge in [-0.1, -0.05) is 97.1 Å². The van der Waals surface area contributed by atoms with Crippen LogP contribution in [0.3, 0.4) is 0 Å². The monoisotopic (exact) mass is 668 g/mol. The van der Waals surface area contributed by atoms with Gasteiger partial charge in [0.2, 0.25) is 5.89 Å². The first-order chi connectivity index (χ1) is 25.7. The number of nitrogens with zero attached hydrogens (tertiary/aromatic N) is 2. The predicted octanol–water partition coefficient (Wildman–Crippen LogP) is 13.6. The van der Waals surface area contributed by atoms with E-state index in [-0.39, 0.29) is 0 Å². The van der Waals surface area contributed by atoms with E-state index in [4.69, 9.17) is 18.2 Å². The lowest BCUT2D eigenvalue weighted by atomic mass is 10.0. The number of benzene rings is 8. The smallest absolute Gasteiger partial charge is 0.228 e. The van der Waals surface area contributed by atoms with Gasteiger partial charge in [-0.25, -0.2) is 4.98 Å². The van der Waals surface area contributed by atoms with Crippen LogP contribution in [0.4, 0.5) is 17.1 Å². The summed E-state index contributed by atoms with van der Waals surface area (Å²) in [6, 6.07) is 58.6. The van der Waals surface area contributed by atoms with E-state index in [1.807, 2.05) is 48.5 Å². The summed E-state index contributed by atoms with van der Waals surface area (Å²) in [5.74, 6) is 0.573. The second kappa shape index (κ2) is 11.2. The Bertz CT molecular complexity index is 3150. The van der Waals surface area contributed by atoms with E-state index in [0.717, 1.165) is 99.5 Å². The zero-order chi connectivity index (χ0) is 34.2. The topological polar surface area (TPSA) is 55.6 Å². The van der Waals surface area contributed by atoms with E-state index >= 15 is 0 Å². The largest absolute Gasteiger partial charge is 0.456 e. The SMILES string of the molecule is c1ccc(-c2cccc(N(c3ccc4c(c3)oc3cccc(-c5nc6ccc7ccccc7c6o5)c34)c3ccc4oc5ccccc5c4c3)c2)cc1. The van der Waals surface area contributed by atoms with Gasteiger partial charge in [-0.15, -0.1) is 0 Å². The fraction of sp³-hybridized carbons (Fsp3) is 0. The molecule has 5 nitrogen and oxygen atoms in total. The summed E-state index contributed by atoms with van der Waals surface area (Å²) in [6.45, 7) is 0. The van der Waals surface area contributed by atoms with Crippen molar-refractivity contribution in [3.05, 3.63) is 170 Å². The van der Waals surface area contributed by atoms with Gasteiger partial charge in [0.1, 0.15) is 27.8 Å². The van der Waals surface area contributed by atoms with Crippen molar-refractivity contribution in [1.29, 1.82) is 0 Å². The lowest BCUT2D eigenvalue weighted by Crippen LogP contribution is -2.10. The maximum Gasteiger partial charge on any atom is 0.228 e. The molecule has 0 saturated carbocycles. The number of anilines is 3. The highest BCUT2D eigenvalue weighted by molar-refractivity contribution is 6.13. The van der Waals surface area contributed by atoms with Crippen molar-refractivity contribution in [2.24, 2.45) is 0 Å². The molecule has 0 amide bonds. The maximum atomic E-state index is 6.62. The molecule has 8 aromatic carbocycles. The third-order valence-corrected chi connectivity index (χ3v) is 10.1. The summed E-state index contributed by atoms with van der Waals surface area (Å²) >= 11 is 0. The zero-order valence-corrected chi connectivity index (χ0v) is 27.8. The number of rotatable bonds is 5. The molecule has 3 aromatic heterocycles. The molecule has 11 aromatic rings. The molecule has 0 N–H and O–H groups in total. The first kappa shape index (κ1) is 28.7. The zero-order valence-electron chi connectivity index (χ0n) is 27.8. The molecule has 244 valence electrons. The molecular weight excluding hydrogens is 641 g/mol. The van der Waals surface area contributed by atoms with Crippen molar-refractivity contribution in [2.45, 2.75) is 0 Å². The van der Waals surface area contributed by atoms with Gasteiger partial charge in [-0.2, -0.15) is 0 Å². The van der Waals surface area contributed by atoms with E-state index in [9.17, 15) is 0 Å². The van der Waals surface area contributed by atoms with Crippen LogP contribution in [0.1, 0.15) is 0 Å². The van der Waals surface area contributed by atoms with E-state index in [1.165, 1.54) is 0 Å². The molecule has 0 spiro atoms. The summed E-state index contributed by atoms with van der Waals surface area (Å²) in [6.07, 6.45) is 0. The summed E-state index contributed by atoms with van der Waals surface area (Å²) < 4.78 is 19.3. The molecule has 5 heteroatoms. The van der Waals surface area contributed by atoms with Gasteiger partial charge in [0.25, 0.3) is 0 Å². The van der Waals surface area contributed by atoms with Gasteiger partial charge in [0, 0.05) is 55.6 Å². The van der Waals surface area contributed by atoms with Gasteiger partial charge in [0.15, 0.2) is 5.58 Å². The number of aromatic nitrogens is 1. The van der Waals surface area contributed by atoms with Crippen molar-refractivity contribution >= 4 is 82.8 Å². The van der Waals surface area contributed by atoms with E-state index in [1.54, 1.807) is 0 Å². The number of hydrogen-bond acceptors (Lipinski definition) is 5. The molecule has 0 unspecified atom stereocenters. The van der Waals surface area contributed by atoms with Gasteiger partial charge in [-0.3, -0.25) is 0 Å². The number of para-hydroxylation sites is 1. The third-order valence-electron chi connectivity index (χ3n) is 10.1. The molecule has 0 bridgehead atoms. The van der Waals surface area contributed by atoms with Crippen LogP contribution in [-0.4, -0.2) is 4.98 Å². The Balaban J connectivity index is 1.10. The first-order valence-corrected chi connectivity index (χ1v) is 17.4. The summed E-state index contributed by atoms with van der Waals surface area (Å²) in [4.78, 5) is 7.23. The lowest BCUT2D eigenvalue weighted by molar-refractivity contribution is 0.623. The average Bonchev–Trinajstić information content (AvgIpc) is 3.92. The molecular formula is C47H28N2O3. The maximum absolute atomic E-state index is 6.62. The van der Waals surface area contributed by atoms with Crippen molar-refractivity contribution in [2.75, 3.05) is 4.90 Å². The second-order valence-corrected chi connectivity index (χ2v) is 13.1. The standard InChI is InChI=1S/C47H28N2O3/c1-2-10-29(11-3-1)31-13-8-14-32(26-31)49(33-22-25-42-39(27-33)36-16-6-7-18-41(36)50-42)34-21-23-37-44(28-34)51-43-19-9-17-38(45(37)43)47-48-40-24-20-30-12-4-5-15-35(30)46(40)52-47/h1-28H. The Morgan fingerprint density at radius 1 is 0.404 bits per heavy atom. The van der Waals surface area contributed by atoms with Crippen LogP contribution in [-0.2, 0) is 0 Å². The number of hydrogen-bond donors (Lipinski definition) is 0. The van der Waals surface area contributed by atoms with Gasteiger partial charge in [0.05, 0.1) is 0 Å². The average molecular weight is 669 g/mol. The molecule has 0 aliphatic rings. The van der Waals surface area contributed by atoms with Crippen LogP contribution >= 0.6 is 0 Å². The Labute approximate surface area is 297 Å². The van der Waals surface area contributed by atoms with Crippen molar-refractivity contribution in [1.82, 2.24) is 4.98 Å². The molecule has 0 radical (unpaired) electrons. The Morgan fingerprint density at radius 2 is 1.12 bits per heavy atom. The molecule has 0 fully saturated rings. The van der Waals surface area contributed by atoms with Crippen LogP contribution in [0.2, 0.25) is 0 Å². The summed E-state index contributed by atoms with van der Waals surface area (Å²) in [5, 5.41) is 6.30. The lowest BCUT2D eigenvalue weighted by Gasteiger charge is -2.26. The third kappa shape index (κ3) is 4.46. The van der Waals surface area contributed by atoms with E-state index < -0.39 is 0 Å². The molecule has 52 heavy (non-hydrogen) atoms. The molecule has 0 aliphatic carbocycles. The van der Waals surface area contributed by atoms with Crippen LogP contribution in [0.5, 0.6) is 0 Å². The fourth-order valence-electron chi connectivity index (χ4n) is 7.66.